The largest absolute Gasteiger partial charge is 1.00 e. The van der Waals surface area contributed by atoms with Crippen LogP contribution in [0.2, 0.25) is 25.7 Å². The summed E-state index contributed by atoms with van der Waals surface area (Å²) < 4.78 is 43.6. The van der Waals surface area contributed by atoms with Gasteiger partial charge in [-0.05, 0) is 192 Å². The first-order chi connectivity index (χ1) is 41.9. The zero-order valence-corrected chi connectivity index (χ0v) is 58.2. The van der Waals surface area contributed by atoms with E-state index >= 15 is 0 Å². The maximum atomic E-state index is 12.6. The summed E-state index contributed by atoms with van der Waals surface area (Å²) in [5.41, 5.74) is -1.02. The van der Waals surface area contributed by atoms with Gasteiger partial charge in [0, 0.05) is 66.0 Å². The summed E-state index contributed by atoms with van der Waals surface area (Å²) in [6.45, 7) is 34.1. The van der Waals surface area contributed by atoms with Crippen LogP contribution in [0.15, 0.2) is 55.6 Å². The van der Waals surface area contributed by atoms with Crippen molar-refractivity contribution in [1.29, 1.82) is 0 Å². The van der Waals surface area contributed by atoms with Crippen LogP contribution in [-0.4, -0.2) is 116 Å². The number of carbonyl (C=O) groups is 1. The fraction of sp³-hybridized carbons (Fsp3) is 0.825. The number of esters is 1. The first-order valence-electron chi connectivity index (χ1n) is 32.0. The fourth-order valence-corrected chi connectivity index (χ4v) is 18.0. The van der Waals surface area contributed by atoms with E-state index in [9.17, 15) is 9.90 Å². The molecule has 0 aromatic heterocycles. The van der Waals surface area contributed by atoms with Crippen LogP contribution in [0.1, 0.15) is 164 Å². The second kappa shape index (κ2) is 31.8. The minimum atomic E-state index is -0.827. The Morgan fingerprint density at radius 1 is 0.567 bits per heavy atom. The minimum Gasteiger partial charge on any atom is -1.00 e. The van der Waals surface area contributed by atoms with Crippen LogP contribution in [0, 0.1) is 71.0 Å². The number of ether oxygens (including phenoxy) is 7. The summed E-state index contributed by atoms with van der Waals surface area (Å²) in [6.07, 6.45) is 16.2. The Kier molecular flexibility index (Phi) is 26.9. The second-order valence-corrected chi connectivity index (χ2v) is 34.0. The molecular formula is C63H101BNaO24Si. The van der Waals surface area contributed by atoms with Crippen LogP contribution in [-0.2, 0) is 97.8 Å². The summed E-state index contributed by atoms with van der Waals surface area (Å²) in [7, 11) is -0.775. The SMILES string of the molecule is C=CC[C@H]1O[C@@H]2O[C@]3(C)CC[C@H]4[C@H](C)CC[C@@H]([C@H]1C)[C@@]24OO3.C=CC[Si](C)(C)C.C[C@H]1[C@@H](CCO)O[C@@H]2O[C@]3(C)CC[C@H]4[C@H](C)CC[C@@H]1[C@@]24OO3.C[C@H]1[C@H](OC(=O)c2ccccc2)O[C@@H]2O[C@]3(C)CC[C@H]4[C@H](C)CC[C@@H]1[C@@]24OO3.OOOOOOOOO.[B].[H-].[Na+]. The molecule has 3 aliphatic carbocycles. The number of allylic oxidation sites excluding steroid dienone is 1. The summed E-state index contributed by atoms with van der Waals surface area (Å²) in [5.74, 6) is 2.00. The van der Waals surface area contributed by atoms with Gasteiger partial charge in [-0.25, -0.2) is 44.6 Å². The molecule has 90 heavy (non-hydrogen) atoms. The van der Waals surface area contributed by atoms with Gasteiger partial charge >= 0.3 is 35.5 Å². The van der Waals surface area contributed by atoms with Crippen LogP contribution in [0.5, 0.6) is 0 Å². The minimum absolute atomic E-state index is 0. The number of aliphatic hydroxyl groups is 1. The van der Waals surface area contributed by atoms with Gasteiger partial charge in [0.1, 0.15) is 0 Å². The summed E-state index contributed by atoms with van der Waals surface area (Å²) in [6, 6.07) is 10.3. The molecule has 27 heteroatoms. The monoisotopic (exact) mass is 1300 g/mol. The Labute approximate surface area is 556 Å². The molecule has 12 aliphatic heterocycles. The molecule has 12 heterocycles. The van der Waals surface area contributed by atoms with E-state index in [1.165, 1.54) is 18.9 Å². The molecule has 3 N–H and O–H groups in total. The van der Waals surface area contributed by atoms with Crippen molar-refractivity contribution in [2.24, 2.45) is 71.0 Å². The van der Waals surface area contributed by atoms with Gasteiger partial charge in [0.2, 0.25) is 23.7 Å². The normalized spacial score (nSPS) is 44.5. The number of rotatable bonds is 14. The molecule has 3 saturated carbocycles. The van der Waals surface area contributed by atoms with Gasteiger partial charge in [-0.3, -0.25) is 0 Å². The number of fused-ring (bicyclic) bond motifs is 6. The van der Waals surface area contributed by atoms with Gasteiger partial charge in [0.05, 0.1) is 17.8 Å². The van der Waals surface area contributed by atoms with Crippen molar-refractivity contribution < 1.29 is 149 Å². The first kappa shape index (κ1) is 75.9. The number of benzene rings is 1. The molecule has 1 aromatic rings. The number of carbonyl (C=O) groups excluding carboxylic acids is 1. The zero-order valence-electron chi connectivity index (χ0n) is 56.2. The van der Waals surface area contributed by atoms with E-state index in [2.05, 4.69) is 110 Å². The average Bonchev–Trinajstić information content (AvgIpc) is 1.72. The number of hydrogen-bond acceptors (Lipinski definition) is 24. The van der Waals surface area contributed by atoms with Crippen molar-refractivity contribution in [1.82, 2.24) is 0 Å². The fourth-order valence-electron chi connectivity index (χ4n) is 17.1. The third kappa shape index (κ3) is 15.6. The van der Waals surface area contributed by atoms with Crippen LogP contribution in [0.3, 0.4) is 0 Å². The van der Waals surface area contributed by atoms with E-state index in [1.54, 1.807) is 12.1 Å². The molecule has 24 atom stereocenters. The van der Waals surface area contributed by atoms with Gasteiger partial charge in [-0.15, -0.1) is 13.2 Å². The second-order valence-electron chi connectivity index (χ2n) is 28.5. The van der Waals surface area contributed by atoms with Crippen molar-refractivity contribution in [3.8, 4) is 0 Å². The Morgan fingerprint density at radius 3 is 1.36 bits per heavy atom. The molecular weight excluding hydrogens is 1200 g/mol. The third-order valence-electron chi connectivity index (χ3n) is 21.7. The van der Waals surface area contributed by atoms with Crippen LogP contribution >= 0.6 is 0 Å². The molecule has 1 aromatic carbocycles. The molecule has 15 aliphatic rings. The molecule has 16 rings (SSSR count). The van der Waals surface area contributed by atoms with Crippen LogP contribution in [0.25, 0.3) is 0 Å². The molecule has 0 amide bonds. The maximum absolute atomic E-state index is 12.6. The molecule has 0 unspecified atom stereocenters. The summed E-state index contributed by atoms with van der Waals surface area (Å²) in [4.78, 5) is 48.3. The third-order valence-corrected chi connectivity index (χ3v) is 23.2. The smallest absolute Gasteiger partial charge is 1.00 e. The van der Waals surface area contributed by atoms with Gasteiger partial charge in [-0.1, -0.05) is 91.5 Å². The first-order valence-corrected chi connectivity index (χ1v) is 35.8. The van der Waals surface area contributed by atoms with Crippen molar-refractivity contribution in [3.05, 3.63) is 61.2 Å². The Morgan fingerprint density at radius 2 is 0.967 bits per heavy atom. The van der Waals surface area contributed by atoms with E-state index < -0.39 is 54.8 Å². The Hall–Kier alpha value is -1.43. The van der Waals surface area contributed by atoms with Gasteiger partial charge in [-0.2, -0.15) is 0 Å². The molecule has 12 saturated heterocycles. The van der Waals surface area contributed by atoms with Gasteiger partial charge < -0.3 is 39.7 Å². The molecule has 505 valence electrons. The van der Waals surface area contributed by atoms with E-state index in [0.717, 1.165) is 70.6 Å². The molecule has 6 bridgehead atoms. The number of aliphatic hydroxyl groups excluding tert-OH is 1. The van der Waals surface area contributed by atoms with E-state index in [4.69, 9.17) is 73.0 Å². The molecule has 24 nitrogen and oxygen atoms in total. The zero-order chi connectivity index (χ0) is 63.5. The van der Waals surface area contributed by atoms with Gasteiger partial charge in [0.25, 0.3) is 0 Å². The predicted octanol–water partition coefficient (Wildman–Crippen LogP) is 9.27. The maximum Gasteiger partial charge on any atom is 1.00 e. The topological polar surface area (TPSA) is 262 Å². The molecule has 3 radical (unpaired) electrons. The van der Waals surface area contributed by atoms with Crippen LogP contribution in [0.4, 0.5) is 0 Å². The van der Waals surface area contributed by atoms with E-state index in [-0.39, 0.29) is 88.6 Å². The van der Waals surface area contributed by atoms with Crippen molar-refractivity contribution in [2.75, 3.05) is 6.61 Å². The number of hydrogen-bond donors (Lipinski definition) is 3. The van der Waals surface area contributed by atoms with E-state index in [1.807, 2.05) is 51.1 Å². The standard InChI is InChI=1S/C22H28O6.C18H28O4.C17H28O5.C6H14Si.B.Na.H2O9.H/c1-13-9-10-17-14(2)19(24-18(23)15-7-5-4-6-8-15)25-20-22(17)16(13)11-12-21(3,26-20)27-28-22;1-5-6-15-12(3)14-8-7-11(2)13-9-10-17(4)20-16(19-15)18(13,14)22-21-17;1-10-4-5-13-11(2)14(7-9-18)19-15-17(13)12(10)6-8-16(3,20-15)21-22-17;1-5-6-7(2,3)4;;;1-3-5-7-9-8-6-4-2;/h4-8,13-14,16-17,19-20H,9-12H2,1-3H3;5,11-16H,1,6-10H2,2-4H3;10-15,18H,4-9H2,1-3H3;5H,1,6H2,2-4H3;;;1-2H;/q;;;;;+1;;-1/t13-,14-,16+,17+,19-,20-,21+,22-;11-,12-,13+,14+,15-,16-,17+,18-;10-,11-,12+,13+,14-,15-,16+,17-;;;;;/m111...../s1. The van der Waals surface area contributed by atoms with Crippen molar-refractivity contribution in [3.63, 3.8) is 0 Å². The summed E-state index contributed by atoms with van der Waals surface area (Å²) in [5, 5.41) is 45.9. The van der Waals surface area contributed by atoms with Gasteiger partial charge in [0.15, 0.2) is 35.7 Å². The van der Waals surface area contributed by atoms with E-state index in [0.29, 0.717) is 71.2 Å². The Bertz CT molecular complexity index is 2440. The average molecular weight is 1300 g/mol. The molecule has 3 spiro atoms. The summed E-state index contributed by atoms with van der Waals surface area (Å²) >= 11 is 0. The van der Waals surface area contributed by atoms with Crippen molar-refractivity contribution in [2.45, 2.75) is 249 Å². The quantitative estimate of drug-likeness (QED) is 0.0391. The van der Waals surface area contributed by atoms with Crippen molar-refractivity contribution >= 4 is 22.5 Å². The molecule has 15 fully saturated rings. The van der Waals surface area contributed by atoms with Crippen LogP contribution < -0.4 is 29.6 Å². The Balaban J connectivity index is 0.000000192. The predicted molar refractivity (Wildman–Crippen MR) is 317 cm³/mol.